The van der Waals surface area contributed by atoms with Crippen LogP contribution in [0.4, 0.5) is 0 Å². The van der Waals surface area contributed by atoms with E-state index in [2.05, 4.69) is 100 Å². The summed E-state index contributed by atoms with van der Waals surface area (Å²) in [5.74, 6) is 7.77. The lowest BCUT2D eigenvalue weighted by molar-refractivity contribution is 0.590. The highest BCUT2D eigenvalue weighted by molar-refractivity contribution is 7.98. The summed E-state index contributed by atoms with van der Waals surface area (Å²) >= 11 is 1.60. The van der Waals surface area contributed by atoms with Crippen molar-refractivity contribution in [2.75, 3.05) is 5.84 Å². The summed E-state index contributed by atoms with van der Waals surface area (Å²) in [5, 5.41) is 9.31. The fourth-order valence-electron chi connectivity index (χ4n) is 2.94. The Morgan fingerprint density at radius 2 is 1.29 bits per heavy atom. The number of hydrogen-bond acceptors (Lipinski definition) is 4. The fourth-order valence-corrected chi connectivity index (χ4v) is 3.75. The first-order chi connectivity index (χ1) is 13.1. The van der Waals surface area contributed by atoms with Gasteiger partial charge in [0.25, 0.3) is 0 Å². The molecule has 0 spiro atoms. The highest BCUT2D eigenvalue weighted by Crippen LogP contribution is 2.28. The molecule has 0 aliphatic heterocycles. The highest BCUT2D eigenvalue weighted by atomic mass is 32.2. The van der Waals surface area contributed by atoms with E-state index in [-0.39, 0.29) is 10.8 Å². The number of aromatic nitrogens is 3. The molecule has 0 bridgehead atoms. The third kappa shape index (κ3) is 4.58. The van der Waals surface area contributed by atoms with Gasteiger partial charge in [-0.05, 0) is 27.5 Å². The van der Waals surface area contributed by atoms with Crippen molar-refractivity contribution in [1.82, 2.24) is 14.9 Å². The second-order valence-corrected chi connectivity index (χ2v) is 10.2. The van der Waals surface area contributed by atoms with Gasteiger partial charge in [0, 0.05) is 11.3 Å². The molecule has 148 valence electrons. The third-order valence-electron chi connectivity index (χ3n) is 4.86. The summed E-state index contributed by atoms with van der Waals surface area (Å²) < 4.78 is 1.58. The fraction of sp³-hybridized carbons (Fsp3) is 0.391. The zero-order valence-electron chi connectivity index (χ0n) is 17.7. The average molecular weight is 395 g/mol. The summed E-state index contributed by atoms with van der Waals surface area (Å²) in [7, 11) is 0. The van der Waals surface area contributed by atoms with Crippen LogP contribution >= 0.6 is 11.8 Å². The Balaban J connectivity index is 1.71. The van der Waals surface area contributed by atoms with Gasteiger partial charge in [-0.1, -0.05) is 102 Å². The van der Waals surface area contributed by atoms with Crippen LogP contribution in [0.5, 0.6) is 0 Å². The second kappa shape index (κ2) is 7.63. The molecule has 0 unspecified atom stereocenters. The minimum Gasteiger partial charge on any atom is -0.335 e. The lowest BCUT2D eigenvalue weighted by Gasteiger charge is -2.19. The zero-order chi connectivity index (χ0) is 20.5. The molecule has 2 N–H and O–H groups in total. The van der Waals surface area contributed by atoms with Crippen molar-refractivity contribution in [2.24, 2.45) is 0 Å². The van der Waals surface area contributed by atoms with E-state index < -0.39 is 0 Å². The van der Waals surface area contributed by atoms with E-state index in [1.165, 1.54) is 16.7 Å². The van der Waals surface area contributed by atoms with Crippen LogP contribution in [-0.2, 0) is 16.6 Å². The molecule has 0 fully saturated rings. The lowest BCUT2D eigenvalue weighted by Crippen LogP contribution is -2.12. The Morgan fingerprint density at radius 1 is 0.786 bits per heavy atom. The molecular formula is C23H30N4S. The van der Waals surface area contributed by atoms with Gasteiger partial charge in [-0.25, -0.2) is 4.68 Å². The van der Waals surface area contributed by atoms with Crippen LogP contribution in [0.3, 0.4) is 0 Å². The van der Waals surface area contributed by atoms with E-state index in [1.54, 1.807) is 16.4 Å². The molecule has 4 nitrogen and oxygen atoms in total. The molecule has 0 amide bonds. The standard InChI is InChI=1S/C23H30N4S/c1-22(2,3)18-11-7-16(8-12-18)15-28-21-26-25-20(27(21)24)17-9-13-19(14-10-17)23(4,5)6/h7-14H,15,24H2,1-6H3. The number of nitrogens with two attached hydrogens (primary N) is 1. The third-order valence-corrected chi connectivity index (χ3v) is 5.88. The highest BCUT2D eigenvalue weighted by Gasteiger charge is 2.16. The van der Waals surface area contributed by atoms with Gasteiger partial charge >= 0.3 is 0 Å². The van der Waals surface area contributed by atoms with Crippen LogP contribution in [0, 0.1) is 0 Å². The van der Waals surface area contributed by atoms with Gasteiger partial charge in [0.05, 0.1) is 0 Å². The Bertz CT molecular complexity index is 927. The molecule has 0 saturated carbocycles. The first kappa shape index (κ1) is 20.5. The van der Waals surface area contributed by atoms with Crippen molar-refractivity contribution in [3.8, 4) is 11.4 Å². The average Bonchev–Trinajstić information content (AvgIpc) is 2.99. The molecular weight excluding hydrogens is 364 g/mol. The second-order valence-electron chi connectivity index (χ2n) is 9.24. The van der Waals surface area contributed by atoms with Crippen LogP contribution in [0.2, 0.25) is 0 Å². The quantitative estimate of drug-likeness (QED) is 0.466. The molecule has 0 saturated heterocycles. The van der Waals surface area contributed by atoms with E-state index >= 15 is 0 Å². The van der Waals surface area contributed by atoms with Crippen molar-refractivity contribution in [1.29, 1.82) is 0 Å². The summed E-state index contributed by atoms with van der Waals surface area (Å²) in [6.45, 7) is 13.3. The molecule has 0 atom stereocenters. The van der Waals surface area contributed by atoms with E-state index in [0.29, 0.717) is 5.82 Å². The molecule has 28 heavy (non-hydrogen) atoms. The van der Waals surface area contributed by atoms with Gasteiger partial charge in [0.2, 0.25) is 5.16 Å². The molecule has 5 heteroatoms. The molecule has 0 radical (unpaired) electrons. The van der Waals surface area contributed by atoms with Crippen molar-refractivity contribution >= 4 is 11.8 Å². The summed E-state index contributed by atoms with van der Waals surface area (Å²) in [6.07, 6.45) is 0. The van der Waals surface area contributed by atoms with Crippen LogP contribution in [0.1, 0.15) is 58.2 Å². The summed E-state index contributed by atoms with van der Waals surface area (Å²) in [5.41, 5.74) is 5.14. The van der Waals surface area contributed by atoms with Gasteiger partial charge in [0.1, 0.15) is 0 Å². The van der Waals surface area contributed by atoms with Gasteiger partial charge in [-0.3, -0.25) is 0 Å². The Kier molecular flexibility index (Phi) is 5.57. The van der Waals surface area contributed by atoms with Crippen molar-refractivity contribution in [2.45, 2.75) is 63.3 Å². The Labute approximate surface area is 172 Å². The first-order valence-electron chi connectivity index (χ1n) is 9.59. The molecule has 3 aromatic rings. The topological polar surface area (TPSA) is 56.7 Å². The number of benzene rings is 2. The van der Waals surface area contributed by atoms with Crippen molar-refractivity contribution in [3.63, 3.8) is 0 Å². The number of thioether (sulfide) groups is 1. The Morgan fingerprint density at radius 3 is 1.79 bits per heavy atom. The summed E-state index contributed by atoms with van der Waals surface area (Å²) in [4.78, 5) is 0. The van der Waals surface area contributed by atoms with Crippen LogP contribution in [0.15, 0.2) is 53.7 Å². The van der Waals surface area contributed by atoms with Gasteiger partial charge < -0.3 is 5.84 Å². The van der Waals surface area contributed by atoms with E-state index in [0.717, 1.165) is 16.5 Å². The zero-order valence-corrected chi connectivity index (χ0v) is 18.5. The Hall–Kier alpha value is -2.27. The summed E-state index contributed by atoms with van der Waals surface area (Å²) in [6, 6.07) is 17.1. The van der Waals surface area contributed by atoms with Crippen molar-refractivity contribution < 1.29 is 0 Å². The van der Waals surface area contributed by atoms with Crippen LogP contribution in [0.25, 0.3) is 11.4 Å². The predicted molar refractivity (Wildman–Crippen MR) is 119 cm³/mol. The van der Waals surface area contributed by atoms with E-state index in [4.69, 9.17) is 5.84 Å². The predicted octanol–water partition coefficient (Wildman–Crippen LogP) is 5.55. The molecule has 0 aliphatic carbocycles. The molecule has 3 rings (SSSR count). The molecule has 0 aliphatic rings. The molecule has 1 heterocycles. The maximum Gasteiger partial charge on any atom is 0.210 e. The van der Waals surface area contributed by atoms with E-state index in [1.807, 2.05) is 0 Å². The maximum atomic E-state index is 6.28. The minimum absolute atomic E-state index is 0.123. The SMILES string of the molecule is CC(C)(C)c1ccc(CSc2nnc(-c3ccc(C(C)(C)C)cc3)n2N)cc1. The maximum absolute atomic E-state index is 6.28. The lowest BCUT2D eigenvalue weighted by atomic mass is 9.87. The molecule has 1 aromatic heterocycles. The van der Waals surface area contributed by atoms with Gasteiger partial charge in [-0.15, -0.1) is 10.2 Å². The number of nitrogens with zero attached hydrogens (tertiary/aromatic N) is 3. The van der Waals surface area contributed by atoms with Gasteiger partial charge in [0.15, 0.2) is 5.82 Å². The monoisotopic (exact) mass is 394 g/mol. The molecule has 2 aromatic carbocycles. The normalized spacial score (nSPS) is 12.4. The number of hydrogen-bond donors (Lipinski definition) is 1. The van der Waals surface area contributed by atoms with Crippen LogP contribution < -0.4 is 5.84 Å². The largest absolute Gasteiger partial charge is 0.335 e. The smallest absolute Gasteiger partial charge is 0.210 e. The number of nitrogen functional groups attached to an aromatic ring is 1. The van der Waals surface area contributed by atoms with Crippen LogP contribution in [-0.4, -0.2) is 14.9 Å². The minimum atomic E-state index is 0.123. The van der Waals surface area contributed by atoms with Crippen molar-refractivity contribution in [3.05, 3.63) is 65.2 Å². The van der Waals surface area contributed by atoms with E-state index in [9.17, 15) is 0 Å². The number of rotatable bonds is 4. The van der Waals surface area contributed by atoms with Gasteiger partial charge in [-0.2, -0.15) is 0 Å². The first-order valence-corrected chi connectivity index (χ1v) is 10.6.